The molecule has 0 unspecified atom stereocenters. The molecule has 0 saturated heterocycles. The molecule has 0 saturated carbocycles. The second-order valence-corrected chi connectivity index (χ2v) is 8.00. The highest BCUT2D eigenvalue weighted by molar-refractivity contribution is 7.91. The van der Waals surface area contributed by atoms with Gasteiger partial charge in [-0.05, 0) is 35.7 Å². The van der Waals surface area contributed by atoms with Crippen molar-refractivity contribution in [1.29, 1.82) is 0 Å². The van der Waals surface area contributed by atoms with Crippen LogP contribution in [0.2, 0.25) is 0 Å². The van der Waals surface area contributed by atoms with Crippen LogP contribution in [-0.4, -0.2) is 24.3 Å². The van der Waals surface area contributed by atoms with Crippen LogP contribution in [-0.2, 0) is 16.4 Å². The van der Waals surface area contributed by atoms with Crippen molar-refractivity contribution in [3.8, 4) is 10.8 Å². The summed E-state index contributed by atoms with van der Waals surface area (Å²) in [7, 11) is -3.17. The van der Waals surface area contributed by atoms with Gasteiger partial charge in [0.25, 0.3) is 5.89 Å². The average molecular weight is 349 g/mol. The fourth-order valence-corrected chi connectivity index (χ4v) is 3.48. The molecule has 0 bridgehead atoms. The van der Waals surface area contributed by atoms with E-state index in [2.05, 4.69) is 15.5 Å². The quantitative estimate of drug-likeness (QED) is 0.735. The Hall–Kier alpha value is -2.19. The number of anilines is 1. The van der Waals surface area contributed by atoms with Crippen molar-refractivity contribution >= 4 is 26.9 Å². The normalized spacial score (nSPS) is 11.5. The second-order valence-electron chi connectivity index (χ2n) is 4.77. The van der Waals surface area contributed by atoms with Crippen molar-refractivity contribution in [1.82, 2.24) is 10.1 Å². The van der Waals surface area contributed by atoms with E-state index in [0.29, 0.717) is 23.2 Å². The summed E-state index contributed by atoms with van der Waals surface area (Å²) in [4.78, 5) is 5.56. The van der Waals surface area contributed by atoms with Gasteiger partial charge in [-0.1, -0.05) is 18.1 Å². The molecule has 6 nitrogen and oxygen atoms in total. The SMILES string of the molecule is CCS(=O)(=O)c1ccc(NCc2noc(-c3cccs3)n2)cc1. The van der Waals surface area contributed by atoms with Crippen LogP contribution in [0.3, 0.4) is 0 Å². The van der Waals surface area contributed by atoms with Gasteiger partial charge in [0, 0.05) is 5.69 Å². The lowest BCUT2D eigenvalue weighted by Crippen LogP contribution is -2.04. The Kier molecular flexibility index (Phi) is 4.44. The Morgan fingerprint density at radius 2 is 2.00 bits per heavy atom. The van der Waals surface area contributed by atoms with E-state index in [0.717, 1.165) is 10.6 Å². The minimum atomic E-state index is -3.17. The molecule has 23 heavy (non-hydrogen) atoms. The lowest BCUT2D eigenvalue weighted by atomic mass is 10.3. The molecule has 2 heterocycles. The Morgan fingerprint density at radius 3 is 2.65 bits per heavy atom. The predicted octanol–water partition coefficient (Wildman–Crippen LogP) is 3.20. The van der Waals surface area contributed by atoms with E-state index in [9.17, 15) is 8.42 Å². The standard InChI is InChI=1S/C15H15N3O3S2/c1-2-23(19,20)12-7-5-11(6-8-12)16-10-14-17-15(21-18-14)13-4-3-9-22-13/h3-9,16H,2,10H2,1H3. The van der Waals surface area contributed by atoms with Crippen molar-refractivity contribution in [3.05, 3.63) is 47.6 Å². The zero-order valence-corrected chi connectivity index (χ0v) is 14.0. The number of thiophene rings is 1. The maximum atomic E-state index is 11.8. The van der Waals surface area contributed by atoms with Crippen molar-refractivity contribution < 1.29 is 12.9 Å². The maximum absolute atomic E-state index is 11.8. The second kappa shape index (κ2) is 6.51. The van der Waals surface area contributed by atoms with Crippen molar-refractivity contribution in [2.75, 3.05) is 11.1 Å². The smallest absolute Gasteiger partial charge is 0.268 e. The van der Waals surface area contributed by atoms with Crippen molar-refractivity contribution in [2.45, 2.75) is 18.4 Å². The summed E-state index contributed by atoms with van der Waals surface area (Å²) in [5.41, 5.74) is 0.794. The molecule has 0 aliphatic heterocycles. The van der Waals surface area contributed by atoms with Crippen LogP contribution in [0, 0.1) is 0 Å². The van der Waals surface area contributed by atoms with Gasteiger partial charge in [0.05, 0.1) is 22.1 Å². The number of hydrogen-bond acceptors (Lipinski definition) is 7. The van der Waals surface area contributed by atoms with E-state index in [1.165, 1.54) is 11.3 Å². The van der Waals surface area contributed by atoms with E-state index >= 15 is 0 Å². The summed E-state index contributed by atoms with van der Waals surface area (Å²) in [6.07, 6.45) is 0. The minimum absolute atomic E-state index is 0.0914. The molecule has 0 atom stereocenters. The van der Waals surface area contributed by atoms with Gasteiger partial charge in [0.2, 0.25) is 0 Å². The van der Waals surface area contributed by atoms with Gasteiger partial charge in [0.15, 0.2) is 15.7 Å². The van der Waals surface area contributed by atoms with E-state index < -0.39 is 9.84 Å². The number of nitrogens with one attached hydrogen (secondary N) is 1. The van der Waals surface area contributed by atoms with Crippen LogP contribution in [0.1, 0.15) is 12.7 Å². The third-order valence-electron chi connectivity index (χ3n) is 3.24. The van der Waals surface area contributed by atoms with Gasteiger partial charge in [-0.3, -0.25) is 0 Å². The lowest BCUT2D eigenvalue weighted by molar-refractivity contribution is 0.424. The van der Waals surface area contributed by atoms with Gasteiger partial charge in [-0.2, -0.15) is 4.98 Å². The summed E-state index contributed by atoms with van der Waals surface area (Å²) < 4.78 is 28.7. The van der Waals surface area contributed by atoms with Crippen LogP contribution in [0.15, 0.2) is 51.2 Å². The first kappa shape index (κ1) is 15.7. The van der Waals surface area contributed by atoms with Crippen LogP contribution >= 0.6 is 11.3 Å². The van der Waals surface area contributed by atoms with Gasteiger partial charge < -0.3 is 9.84 Å². The van der Waals surface area contributed by atoms with Crippen LogP contribution in [0.5, 0.6) is 0 Å². The lowest BCUT2D eigenvalue weighted by Gasteiger charge is -2.05. The van der Waals surface area contributed by atoms with E-state index in [4.69, 9.17) is 4.52 Å². The van der Waals surface area contributed by atoms with E-state index in [1.54, 1.807) is 31.2 Å². The number of benzene rings is 1. The fraction of sp³-hybridized carbons (Fsp3) is 0.200. The van der Waals surface area contributed by atoms with Gasteiger partial charge >= 0.3 is 0 Å². The molecule has 0 amide bonds. The van der Waals surface area contributed by atoms with Crippen molar-refractivity contribution in [3.63, 3.8) is 0 Å². The van der Waals surface area contributed by atoms with Gasteiger partial charge in [-0.15, -0.1) is 11.3 Å². The number of hydrogen-bond donors (Lipinski definition) is 1. The summed E-state index contributed by atoms with van der Waals surface area (Å²) in [6.45, 7) is 2.03. The predicted molar refractivity (Wildman–Crippen MR) is 89.1 cm³/mol. The number of aromatic nitrogens is 2. The molecular weight excluding hydrogens is 334 g/mol. The number of sulfone groups is 1. The van der Waals surface area contributed by atoms with Gasteiger partial charge in [0.1, 0.15) is 0 Å². The molecule has 3 rings (SSSR count). The molecular formula is C15H15N3O3S2. The Morgan fingerprint density at radius 1 is 1.22 bits per heavy atom. The Balaban J connectivity index is 1.65. The van der Waals surface area contributed by atoms with Crippen LogP contribution < -0.4 is 5.32 Å². The molecule has 3 aromatic rings. The molecule has 0 aliphatic rings. The summed E-state index contributed by atoms with van der Waals surface area (Å²) in [6, 6.07) is 10.5. The Labute approximate surface area is 138 Å². The first-order valence-electron chi connectivity index (χ1n) is 7.01. The molecule has 1 N–H and O–H groups in total. The number of nitrogens with zero attached hydrogens (tertiary/aromatic N) is 2. The van der Waals surface area contributed by atoms with Crippen molar-refractivity contribution in [2.24, 2.45) is 0 Å². The molecule has 0 radical (unpaired) electrons. The molecule has 0 fully saturated rings. The highest BCUT2D eigenvalue weighted by Crippen LogP contribution is 2.22. The van der Waals surface area contributed by atoms with Crippen LogP contribution in [0.4, 0.5) is 5.69 Å². The summed E-state index contributed by atoms with van der Waals surface area (Å²) >= 11 is 1.54. The molecule has 0 spiro atoms. The summed E-state index contributed by atoms with van der Waals surface area (Å²) in [5.74, 6) is 1.13. The highest BCUT2D eigenvalue weighted by atomic mass is 32.2. The zero-order valence-electron chi connectivity index (χ0n) is 12.4. The first-order chi connectivity index (χ1) is 11.1. The summed E-state index contributed by atoms with van der Waals surface area (Å²) in [5, 5.41) is 9.01. The zero-order chi connectivity index (χ0) is 16.3. The fourth-order valence-electron chi connectivity index (χ4n) is 1.95. The third-order valence-corrected chi connectivity index (χ3v) is 5.85. The van der Waals surface area contributed by atoms with Crippen LogP contribution in [0.25, 0.3) is 10.8 Å². The Bertz CT molecular complexity index is 869. The van der Waals surface area contributed by atoms with E-state index in [1.807, 2.05) is 17.5 Å². The minimum Gasteiger partial charge on any atom is -0.378 e. The third kappa shape index (κ3) is 3.59. The number of rotatable bonds is 6. The molecule has 120 valence electrons. The maximum Gasteiger partial charge on any atom is 0.268 e. The molecule has 8 heteroatoms. The largest absolute Gasteiger partial charge is 0.378 e. The monoisotopic (exact) mass is 349 g/mol. The first-order valence-corrected chi connectivity index (χ1v) is 9.55. The van der Waals surface area contributed by atoms with E-state index in [-0.39, 0.29) is 5.75 Å². The molecule has 0 aliphatic carbocycles. The molecule has 2 aromatic heterocycles. The highest BCUT2D eigenvalue weighted by Gasteiger charge is 2.11. The average Bonchev–Trinajstić information content (AvgIpc) is 3.24. The molecule has 1 aromatic carbocycles. The van der Waals surface area contributed by atoms with Gasteiger partial charge in [-0.25, -0.2) is 8.42 Å². The topological polar surface area (TPSA) is 85.1 Å².